The SMILES string of the molecule is N/C(=N\[P+](/N=C(\N)c1ccccc1)(c1ccccc1)c1ccccc1)c1ccccc1. The van der Waals surface area contributed by atoms with Crippen LogP contribution < -0.4 is 22.1 Å². The van der Waals surface area contributed by atoms with Crippen molar-refractivity contribution in [3.63, 3.8) is 0 Å². The minimum Gasteiger partial charge on any atom is -0.380 e. The fourth-order valence-electron chi connectivity index (χ4n) is 3.32. The van der Waals surface area contributed by atoms with Gasteiger partial charge in [0.05, 0.1) is 0 Å². The first-order valence-corrected chi connectivity index (χ1v) is 11.7. The molecule has 0 radical (unpaired) electrons. The number of nitrogens with two attached hydrogens (primary N) is 2. The van der Waals surface area contributed by atoms with Crippen LogP contribution in [0.3, 0.4) is 0 Å². The van der Waals surface area contributed by atoms with Crippen LogP contribution in [-0.2, 0) is 0 Å². The molecular formula is C26H24N4P+. The molecule has 0 aromatic heterocycles. The van der Waals surface area contributed by atoms with Crippen molar-refractivity contribution in [1.82, 2.24) is 0 Å². The molecule has 4 aromatic rings. The zero-order valence-electron chi connectivity index (χ0n) is 17.0. The van der Waals surface area contributed by atoms with Crippen LogP contribution in [0.1, 0.15) is 11.1 Å². The number of amidine groups is 2. The summed E-state index contributed by atoms with van der Waals surface area (Å²) in [6.07, 6.45) is 0. The zero-order valence-corrected chi connectivity index (χ0v) is 17.9. The summed E-state index contributed by atoms with van der Waals surface area (Å²) in [5.74, 6) is 0.873. The van der Waals surface area contributed by atoms with E-state index < -0.39 is 7.56 Å². The molecule has 5 heteroatoms. The van der Waals surface area contributed by atoms with E-state index in [1.54, 1.807) is 0 Å². The first kappa shape index (κ1) is 20.5. The van der Waals surface area contributed by atoms with Gasteiger partial charge in [-0.2, -0.15) is 0 Å². The average Bonchev–Trinajstić information content (AvgIpc) is 2.85. The predicted molar refractivity (Wildman–Crippen MR) is 133 cm³/mol. The molecule has 0 unspecified atom stereocenters. The lowest BCUT2D eigenvalue weighted by Gasteiger charge is -2.18. The van der Waals surface area contributed by atoms with Gasteiger partial charge in [0.15, 0.2) is 11.7 Å². The summed E-state index contributed by atoms with van der Waals surface area (Å²) in [6, 6.07) is 39.7. The van der Waals surface area contributed by atoms with Gasteiger partial charge in [-0.05, 0) is 24.3 Å². The fraction of sp³-hybridized carbons (Fsp3) is 0. The third-order valence-corrected chi connectivity index (χ3v) is 7.92. The second-order valence-electron chi connectivity index (χ2n) is 6.97. The van der Waals surface area contributed by atoms with E-state index in [9.17, 15) is 0 Å². The summed E-state index contributed by atoms with van der Waals surface area (Å²) >= 11 is 0. The summed E-state index contributed by atoms with van der Waals surface area (Å²) in [5, 5.41) is 1.97. The van der Waals surface area contributed by atoms with Crippen LogP contribution in [0.25, 0.3) is 0 Å². The number of hydrogen-bond donors (Lipinski definition) is 2. The van der Waals surface area contributed by atoms with Gasteiger partial charge in [0.25, 0.3) is 0 Å². The van der Waals surface area contributed by atoms with Crippen molar-refractivity contribution in [1.29, 1.82) is 0 Å². The summed E-state index contributed by atoms with van der Waals surface area (Å²) in [6.45, 7) is 0. The highest BCUT2D eigenvalue weighted by Gasteiger charge is 2.46. The number of benzene rings is 4. The first-order valence-electron chi connectivity index (χ1n) is 10.0. The first-order chi connectivity index (χ1) is 15.2. The van der Waals surface area contributed by atoms with Gasteiger partial charge in [0.1, 0.15) is 10.6 Å². The third-order valence-electron chi connectivity index (χ3n) is 4.88. The van der Waals surface area contributed by atoms with E-state index in [0.717, 1.165) is 21.7 Å². The van der Waals surface area contributed by atoms with Crippen LogP contribution in [0.15, 0.2) is 131 Å². The zero-order chi connectivity index (χ0) is 21.5. The maximum atomic E-state index is 6.54. The standard InChI is InChI=1S/C26H24N4P/c27-25(21-13-5-1-6-14-21)29-31(23-17-9-3-10-18-23,24-19-11-4-12-20-24)30-26(28)22-15-7-2-8-16-22/h1-20H,(H2,27,29)(H2,28,30)/q+1. The average molecular weight is 423 g/mol. The van der Waals surface area contributed by atoms with Crippen molar-refractivity contribution >= 4 is 29.8 Å². The second-order valence-corrected chi connectivity index (χ2v) is 9.61. The Hall–Kier alpha value is -3.75. The smallest absolute Gasteiger partial charge is 0.318 e. The van der Waals surface area contributed by atoms with E-state index in [-0.39, 0.29) is 0 Å². The largest absolute Gasteiger partial charge is 0.380 e. The summed E-state index contributed by atoms with van der Waals surface area (Å²) < 4.78 is 10.2. The molecule has 31 heavy (non-hydrogen) atoms. The van der Waals surface area contributed by atoms with Crippen LogP contribution in [0.2, 0.25) is 0 Å². The quantitative estimate of drug-likeness (QED) is 0.276. The van der Waals surface area contributed by atoms with E-state index >= 15 is 0 Å². The Labute approximate surface area is 183 Å². The van der Waals surface area contributed by atoms with Crippen LogP contribution in [0, 0.1) is 0 Å². The lowest BCUT2D eigenvalue weighted by molar-refractivity contribution is 1.50. The van der Waals surface area contributed by atoms with Gasteiger partial charge in [0.2, 0.25) is 0 Å². The molecule has 4 nitrogen and oxygen atoms in total. The summed E-state index contributed by atoms with van der Waals surface area (Å²) in [7, 11) is -2.72. The second kappa shape index (κ2) is 9.38. The molecule has 0 fully saturated rings. The van der Waals surface area contributed by atoms with E-state index in [1.807, 2.05) is 121 Å². The number of nitrogens with zero attached hydrogens (tertiary/aromatic N) is 2. The van der Waals surface area contributed by atoms with Crippen molar-refractivity contribution < 1.29 is 0 Å². The minimum absolute atomic E-state index is 0.436. The van der Waals surface area contributed by atoms with Crippen molar-refractivity contribution in [3.8, 4) is 0 Å². The minimum atomic E-state index is -2.72. The monoisotopic (exact) mass is 423 g/mol. The van der Waals surface area contributed by atoms with Crippen molar-refractivity contribution in [2.45, 2.75) is 0 Å². The van der Waals surface area contributed by atoms with Gasteiger partial charge < -0.3 is 11.5 Å². The maximum Gasteiger partial charge on any atom is 0.318 e. The molecule has 0 aliphatic carbocycles. The van der Waals surface area contributed by atoms with Gasteiger partial charge in [-0.15, -0.1) is 0 Å². The Morgan fingerprint density at radius 3 is 1.06 bits per heavy atom. The van der Waals surface area contributed by atoms with E-state index in [1.165, 1.54) is 0 Å². The molecule has 0 heterocycles. The van der Waals surface area contributed by atoms with Crippen molar-refractivity contribution in [2.24, 2.45) is 21.0 Å². The Balaban J connectivity index is 2.00. The van der Waals surface area contributed by atoms with E-state index in [2.05, 4.69) is 0 Å². The maximum absolute atomic E-state index is 6.54. The van der Waals surface area contributed by atoms with Crippen LogP contribution >= 0.6 is 7.56 Å². The molecular weight excluding hydrogens is 399 g/mol. The lowest BCUT2D eigenvalue weighted by Crippen LogP contribution is -2.26. The van der Waals surface area contributed by atoms with Crippen LogP contribution in [0.4, 0.5) is 0 Å². The molecule has 152 valence electrons. The van der Waals surface area contributed by atoms with E-state index in [0.29, 0.717) is 11.7 Å². The highest BCUT2D eigenvalue weighted by molar-refractivity contribution is 7.87. The van der Waals surface area contributed by atoms with Crippen molar-refractivity contribution in [3.05, 3.63) is 132 Å². The molecule has 4 rings (SSSR count). The Morgan fingerprint density at radius 2 is 0.742 bits per heavy atom. The Bertz CT molecular complexity index is 1080. The molecule has 0 aliphatic rings. The van der Waals surface area contributed by atoms with E-state index in [4.69, 9.17) is 21.0 Å². The number of rotatable bonds is 6. The molecule has 0 saturated heterocycles. The Kier molecular flexibility index (Phi) is 6.21. The number of hydrogen-bond acceptors (Lipinski definition) is 2. The third kappa shape index (κ3) is 4.55. The molecule has 0 bridgehead atoms. The lowest BCUT2D eigenvalue weighted by atomic mass is 10.2. The highest BCUT2D eigenvalue weighted by Crippen LogP contribution is 2.60. The Morgan fingerprint density at radius 1 is 0.452 bits per heavy atom. The van der Waals surface area contributed by atoms with Crippen LogP contribution in [0.5, 0.6) is 0 Å². The van der Waals surface area contributed by atoms with Crippen molar-refractivity contribution in [2.75, 3.05) is 0 Å². The predicted octanol–water partition coefficient (Wildman–Crippen LogP) is 4.30. The van der Waals surface area contributed by atoms with Crippen LogP contribution in [-0.4, -0.2) is 11.7 Å². The summed E-state index contributed by atoms with van der Waals surface area (Å²) in [5.41, 5.74) is 14.8. The summed E-state index contributed by atoms with van der Waals surface area (Å²) in [4.78, 5) is 0. The highest BCUT2D eigenvalue weighted by atomic mass is 31.2. The topological polar surface area (TPSA) is 76.8 Å². The normalized spacial score (nSPS) is 12.5. The molecule has 0 amide bonds. The van der Waals surface area contributed by atoms with Gasteiger partial charge >= 0.3 is 7.56 Å². The molecule has 4 N–H and O–H groups in total. The molecule has 4 aromatic carbocycles. The molecule has 0 spiro atoms. The fourth-order valence-corrected chi connectivity index (χ4v) is 6.15. The van der Waals surface area contributed by atoms with Gasteiger partial charge in [-0.1, -0.05) is 107 Å². The van der Waals surface area contributed by atoms with Gasteiger partial charge in [0, 0.05) is 11.1 Å². The van der Waals surface area contributed by atoms with Gasteiger partial charge in [-0.3, -0.25) is 0 Å². The molecule has 0 saturated carbocycles. The molecule has 0 aliphatic heterocycles. The molecule has 0 atom stereocenters. The van der Waals surface area contributed by atoms with Gasteiger partial charge in [-0.25, -0.2) is 0 Å².